The van der Waals surface area contributed by atoms with Gasteiger partial charge in [-0.15, -0.1) is 0 Å². The van der Waals surface area contributed by atoms with E-state index in [9.17, 15) is 13.2 Å². The summed E-state index contributed by atoms with van der Waals surface area (Å²) in [6.07, 6.45) is 1.97. The third kappa shape index (κ3) is 4.25. The fraction of sp³-hybridized carbons (Fsp3) is 0.350. The Balaban J connectivity index is 1.79. The fourth-order valence-corrected chi connectivity index (χ4v) is 4.13. The first kappa shape index (κ1) is 18.5. The summed E-state index contributed by atoms with van der Waals surface area (Å²) in [5, 5.41) is 0. The van der Waals surface area contributed by atoms with Gasteiger partial charge in [0.25, 0.3) is 15.9 Å². The number of nitrogens with one attached hydrogen (secondary N) is 1. The number of rotatable bonds is 4. The second-order valence-corrected chi connectivity index (χ2v) is 8.66. The molecule has 6 heteroatoms. The summed E-state index contributed by atoms with van der Waals surface area (Å²) in [5.41, 5.74) is 1.96. The van der Waals surface area contributed by atoms with Gasteiger partial charge < -0.3 is 4.90 Å². The molecule has 3 rings (SSSR count). The predicted octanol–water partition coefficient (Wildman–Crippen LogP) is 3.67. The molecule has 1 N–H and O–H groups in total. The predicted molar refractivity (Wildman–Crippen MR) is 103 cm³/mol. The van der Waals surface area contributed by atoms with Gasteiger partial charge in [0.1, 0.15) is 0 Å². The van der Waals surface area contributed by atoms with Gasteiger partial charge in [0.05, 0.1) is 4.90 Å². The lowest BCUT2D eigenvalue weighted by atomic mass is 9.98. The van der Waals surface area contributed by atoms with E-state index in [-0.39, 0.29) is 10.8 Å². The van der Waals surface area contributed by atoms with E-state index < -0.39 is 10.0 Å². The van der Waals surface area contributed by atoms with Crippen molar-refractivity contribution in [1.29, 1.82) is 0 Å². The monoisotopic (exact) mass is 372 g/mol. The third-order valence-electron chi connectivity index (χ3n) is 4.77. The zero-order valence-corrected chi connectivity index (χ0v) is 15.9. The van der Waals surface area contributed by atoms with Crippen molar-refractivity contribution in [3.05, 3.63) is 59.7 Å². The molecule has 138 valence electrons. The van der Waals surface area contributed by atoms with Gasteiger partial charge >= 0.3 is 0 Å². The average Bonchev–Trinajstić information content (AvgIpc) is 2.64. The Morgan fingerprint density at radius 2 is 1.73 bits per heavy atom. The molecule has 0 saturated carbocycles. The Morgan fingerprint density at radius 1 is 1.08 bits per heavy atom. The average molecular weight is 372 g/mol. The molecule has 5 nitrogen and oxygen atoms in total. The fourth-order valence-electron chi connectivity index (χ4n) is 3.03. The van der Waals surface area contributed by atoms with Crippen molar-refractivity contribution in [3.63, 3.8) is 0 Å². The highest BCUT2D eigenvalue weighted by molar-refractivity contribution is 7.92. The number of aryl methyl sites for hydroxylation is 1. The highest BCUT2D eigenvalue weighted by atomic mass is 32.2. The van der Waals surface area contributed by atoms with Crippen LogP contribution < -0.4 is 4.72 Å². The number of nitrogens with zero attached hydrogens (tertiary/aromatic N) is 1. The Kier molecular flexibility index (Phi) is 5.32. The highest BCUT2D eigenvalue weighted by Crippen LogP contribution is 2.21. The van der Waals surface area contributed by atoms with Crippen LogP contribution in [0.4, 0.5) is 5.69 Å². The van der Waals surface area contributed by atoms with E-state index in [0.717, 1.165) is 31.5 Å². The van der Waals surface area contributed by atoms with Crippen molar-refractivity contribution < 1.29 is 13.2 Å². The number of likely N-dealkylation sites (tertiary alicyclic amines) is 1. The molecule has 2 aromatic carbocycles. The van der Waals surface area contributed by atoms with E-state index in [2.05, 4.69) is 11.6 Å². The largest absolute Gasteiger partial charge is 0.339 e. The van der Waals surface area contributed by atoms with Crippen LogP contribution in [0.25, 0.3) is 0 Å². The summed E-state index contributed by atoms with van der Waals surface area (Å²) in [6, 6.07) is 13.4. The van der Waals surface area contributed by atoms with E-state index >= 15 is 0 Å². The molecule has 0 radical (unpaired) electrons. The lowest BCUT2D eigenvalue weighted by molar-refractivity contribution is 0.0697. The summed E-state index contributed by atoms with van der Waals surface area (Å²) in [4.78, 5) is 14.6. The van der Waals surface area contributed by atoms with E-state index in [1.807, 2.05) is 19.1 Å². The molecule has 0 atom stereocenters. The molecule has 0 spiro atoms. The molecule has 0 aromatic heterocycles. The zero-order valence-electron chi connectivity index (χ0n) is 15.1. The molecule has 1 aliphatic heterocycles. The van der Waals surface area contributed by atoms with Crippen LogP contribution in [-0.4, -0.2) is 32.3 Å². The number of benzene rings is 2. The van der Waals surface area contributed by atoms with Gasteiger partial charge in [-0.3, -0.25) is 9.52 Å². The van der Waals surface area contributed by atoms with E-state index in [1.165, 1.54) is 12.1 Å². The van der Waals surface area contributed by atoms with Crippen LogP contribution in [0.15, 0.2) is 53.4 Å². The van der Waals surface area contributed by atoms with E-state index in [4.69, 9.17) is 0 Å². The number of carbonyl (C=O) groups is 1. The molecule has 0 aliphatic carbocycles. The SMILES string of the molecule is Cc1ccc(NS(=O)(=O)c2cccc(C(=O)N3CCC(C)CC3)c2)cc1. The molecule has 26 heavy (non-hydrogen) atoms. The zero-order chi connectivity index (χ0) is 18.7. The van der Waals surface area contributed by atoms with Crippen LogP contribution in [0.1, 0.15) is 35.7 Å². The molecule has 1 aliphatic rings. The van der Waals surface area contributed by atoms with Crippen LogP contribution in [0.3, 0.4) is 0 Å². The first-order valence-electron chi connectivity index (χ1n) is 8.84. The summed E-state index contributed by atoms with van der Waals surface area (Å²) in [6.45, 7) is 5.57. The van der Waals surface area contributed by atoms with E-state index in [1.54, 1.807) is 29.2 Å². The van der Waals surface area contributed by atoms with Crippen molar-refractivity contribution in [1.82, 2.24) is 4.90 Å². The molecule has 1 fully saturated rings. The Labute approximate surface area is 155 Å². The number of hydrogen-bond acceptors (Lipinski definition) is 3. The Hall–Kier alpha value is -2.34. The van der Waals surface area contributed by atoms with Crippen LogP contribution in [0.5, 0.6) is 0 Å². The molecule has 1 amide bonds. The van der Waals surface area contributed by atoms with Gasteiger partial charge in [-0.25, -0.2) is 8.42 Å². The van der Waals surface area contributed by atoms with Crippen molar-refractivity contribution in [2.45, 2.75) is 31.6 Å². The van der Waals surface area contributed by atoms with Crippen LogP contribution in [0.2, 0.25) is 0 Å². The van der Waals surface area contributed by atoms with Gasteiger partial charge in [-0.2, -0.15) is 0 Å². The maximum absolute atomic E-state index is 12.7. The number of piperidine rings is 1. The number of sulfonamides is 1. The first-order chi connectivity index (χ1) is 12.3. The normalized spacial score (nSPS) is 15.7. The van der Waals surface area contributed by atoms with Crippen molar-refractivity contribution in [3.8, 4) is 0 Å². The lowest BCUT2D eigenvalue weighted by Crippen LogP contribution is -2.37. The summed E-state index contributed by atoms with van der Waals surface area (Å²) < 4.78 is 27.8. The number of carbonyl (C=O) groups excluding carboxylic acids is 1. The lowest BCUT2D eigenvalue weighted by Gasteiger charge is -2.30. The molecule has 1 heterocycles. The van der Waals surface area contributed by atoms with Crippen LogP contribution >= 0.6 is 0 Å². The van der Waals surface area contributed by atoms with Crippen molar-refractivity contribution in [2.75, 3.05) is 17.8 Å². The third-order valence-corrected chi connectivity index (χ3v) is 6.14. The molecule has 0 unspecified atom stereocenters. The van der Waals surface area contributed by atoms with Gasteiger partial charge in [-0.05, 0) is 56.0 Å². The standard InChI is InChI=1S/C20H24N2O3S/c1-15-6-8-18(9-7-15)21-26(24,25)19-5-3-4-17(14-19)20(23)22-12-10-16(2)11-13-22/h3-9,14,16,21H,10-13H2,1-2H3. The van der Waals surface area contributed by atoms with Gasteiger partial charge in [0.15, 0.2) is 0 Å². The summed E-state index contributed by atoms with van der Waals surface area (Å²) in [5.74, 6) is 0.522. The Bertz CT molecular complexity index is 884. The summed E-state index contributed by atoms with van der Waals surface area (Å²) >= 11 is 0. The smallest absolute Gasteiger partial charge is 0.261 e. The highest BCUT2D eigenvalue weighted by Gasteiger charge is 2.23. The molecule has 2 aromatic rings. The maximum atomic E-state index is 12.7. The molecule has 0 bridgehead atoms. The minimum atomic E-state index is -3.74. The number of amides is 1. The van der Waals surface area contributed by atoms with Crippen LogP contribution in [-0.2, 0) is 10.0 Å². The van der Waals surface area contributed by atoms with Crippen LogP contribution in [0, 0.1) is 12.8 Å². The van der Waals surface area contributed by atoms with Crippen molar-refractivity contribution >= 4 is 21.6 Å². The van der Waals surface area contributed by atoms with Gasteiger partial charge in [0.2, 0.25) is 0 Å². The van der Waals surface area contributed by atoms with Gasteiger partial charge in [0, 0.05) is 24.3 Å². The second kappa shape index (κ2) is 7.50. The van der Waals surface area contributed by atoms with Crippen molar-refractivity contribution in [2.24, 2.45) is 5.92 Å². The summed E-state index contributed by atoms with van der Waals surface area (Å²) in [7, 11) is -3.74. The topological polar surface area (TPSA) is 66.5 Å². The molecular weight excluding hydrogens is 348 g/mol. The van der Waals surface area contributed by atoms with Gasteiger partial charge in [-0.1, -0.05) is 30.7 Å². The van der Waals surface area contributed by atoms with E-state index in [0.29, 0.717) is 17.2 Å². The number of hydrogen-bond donors (Lipinski definition) is 1. The molecule has 1 saturated heterocycles. The first-order valence-corrected chi connectivity index (χ1v) is 10.3. The minimum Gasteiger partial charge on any atom is -0.339 e. The number of anilines is 1. The maximum Gasteiger partial charge on any atom is 0.261 e. The second-order valence-electron chi connectivity index (χ2n) is 6.97. The quantitative estimate of drug-likeness (QED) is 0.890. The minimum absolute atomic E-state index is 0.0919. The molecular formula is C20H24N2O3S. The Morgan fingerprint density at radius 3 is 2.38 bits per heavy atom.